The Kier molecular flexibility index (Phi) is 3.27. The molecule has 2 N–H and O–H groups in total. The summed E-state index contributed by atoms with van der Waals surface area (Å²) in [4.78, 5) is 38.7. The third kappa shape index (κ3) is 5.44. The van der Waals surface area contributed by atoms with Crippen LogP contribution in [0, 0.1) is 5.82 Å². The van der Waals surface area contributed by atoms with Crippen molar-refractivity contribution in [2.45, 2.75) is 77.1 Å². The summed E-state index contributed by atoms with van der Waals surface area (Å²) in [5, 5.41) is 3.87. The second-order valence-corrected chi connectivity index (χ2v) is 9.27. The molecule has 2 aromatic rings. The van der Waals surface area contributed by atoms with E-state index in [1.54, 1.807) is 5.32 Å². The highest BCUT2D eigenvalue weighted by molar-refractivity contribution is 6.06. The van der Waals surface area contributed by atoms with Crippen LogP contribution in [0.1, 0.15) is 90.7 Å². The van der Waals surface area contributed by atoms with Gasteiger partial charge in [-0.15, -0.1) is 0 Å². The average molecular weight is 540 g/mol. The fourth-order valence-electron chi connectivity index (χ4n) is 4.10. The van der Waals surface area contributed by atoms with E-state index >= 15 is 4.39 Å². The Bertz CT molecular complexity index is 1990. The number of piperidine rings is 1. The van der Waals surface area contributed by atoms with Crippen LogP contribution < -0.4 is 10.6 Å². The molecule has 8 nitrogen and oxygen atoms in total. The topological polar surface area (TPSA) is 91.0 Å². The second kappa shape index (κ2) is 9.78. The summed E-state index contributed by atoms with van der Waals surface area (Å²) in [5.41, 5.74) is -8.31. The maximum atomic E-state index is 16.0. The van der Waals surface area contributed by atoms with Crippen LogP contribution in [-0.4, -0.2) is 57.8 Å². The number of fused-ring (bicyclic) bond motifs is 1. The number of morpholine rings is 1. The highest BCUT2D eigenvalue weighted by atomic mass is 19.1. The van der Waals surface area contributed by atoms with Gasteiger partial charge in [-0.2, -0.15) is 0 Å². The van der Waals surface area contributed by atoms with Gasteiger partial charge in [0.25, 0.3) is 5.91 Å². The fraction of sp³-hybridized carbons (Fsp3) is 0.483. The molecule has 9 heteroatoms. The van der Waals surface area contributed by atoms with Gasteiger partial charge < -0.3 is 15.0 Å². The molecule has 38 heavy (non-hydrogen) atoms. The first-order valence-electron chi connectivity index (χ1n) is 19.9. The molecule has 2 unspecified atom stereocenters. The Morgan fingerprint density at radius 3 is 2.76 bits per heavy atom. The molecular formula is C29H35FN4O4. The molecule has 0 aliphatic carbocycles. The van der Waals surface area contributed by atoms with Gasteiger partial charge in [-0.1, -0.05) is 18.2 Å². The van der Waals surface area contributed by atoms with Crippen LogP contribution in [0.4, 0.5) is 10.1 Å². The monoisotopic (exact) mass is 539 g/mol. The van der Waals surface area contributed by atoms with Crippen molar-refractivity contribution in [2.24, 2.45) is 0 Å². The number of carbonyl (C=O) groups is 3. The number of carbonyl (C=O) groups excluding carboxylic acids is 3. The number of amides is 3. The molecule has 3 heterocycles. The number of nitrogens with one attached hydrogen (secondary N) is 2. The number of hydrogen-bond donors (Lipinski definition) is 2. The summed E-state index contributed by atoms with van der Waals surface area (Å²) in [5.74, 6) is -5.98. The summed E-state index contributed by atoms with van der Waals surface area (Å²) in [6.07, 6.45) is -6.87. The molecule has 2 aromatic carbocycles. The van der Waals surface area contributed by atoms with Gasteiger partial charge in [-0.3, -0.25) is 24.6 Å². The van der Waals surface area contributed by atoms with E-state index in [-0.39, 0.29) is 9.80 Å². The number of hydrogen-bond acceptors (Lipinski definition) is 6. The standard InChI is InChI=1S/C29H35FN4O4/c1-28(2)16-33(17-29(3,4)38-28)14-18-8-9-19(22(30)12-18)13-31-23-7-5-6-20-21(23)15-34(27(20)37)24-10-11-25(35)32-26(24)36/h5-9,12,24,31H,10-11,13-17H2,1-4H3,(H,32,35,36)/i1D3,10D2,11D2,13D2,14D2,15D2,16D2,17D2. The van der Waals surface area contributed by atoms with Crippen LogP contribution in [0.15, 0.2) is 36.4 Å². The fourth-order valence-corrected chi connectivity index (χ4v) is 4.10. The Morgan fingerprint density at radius 2 is 2.00 bits per heavy atom. The summed E-state index contributed by atoms with van der Waals surface area (Å²) in [6.45, 7) is -16.3. The molecule has 0 aromatic heterocycles. The lowest BCUT2D eigenvalue weighted by Crippen LogP contribution is -2.56. The molecule has 2 atom stereocenters. The quantitative estimate of drug-likeness (QED) is 0.546. The number of imide groups is 1. The van der Waals surface area contributed by atoms with E-state index in [9.17, 15) is 14.4 Å². The van der Waals surface area contributed by atoms with Gasteiger partial charge in [-0.25, -0.2) is 4.39 Å². The molecule has 0 radical (unpaired) electrons. The third-order valence-corrected chi connectivity index (χ3v) is 5.52. The van der Waals surface area contributed by atoms with E-state index in [2.05, 4.69) is 5.32 Å². The first kappa shape index (κ1) is 12.7. The molecule has 2 saturated heterocycles. The van der Waals surface area contributed by atoms with Gasteiger partial charge in [-0.05, 0) is 57.8 Å². The normalized spacial score (nSPS) is 39.7. The van der Waals surface area contributed by atoms with Crippen LogP contribution in [0.2, 0.25) is 0 Å². The van der Waals surface area contributed by atoms with Gasteiger partial charge in [0.15, 0.2) is 0 Å². The van der Waals surface area contributed by atoms with Crippen LogP contribution in [-0.2, 0) is 33.8 Å². The van der Waals surface area contributed by atoms with Crippen LogP contribution in [0.5, 0.6) is 0 Å². The van der Waals surface area contributed by atoms with Gasteiger partial charge in [0.05, 0.1) is 16.7 Å². The summed E-state index contributed by atoms with van der Waals surface area (Å²) >= 11 is 0. The number of nitrogens with zero attached hydrogens (tertiary/aromatic N) is 2. The Hall–Kier alpha value is -3.30. The largest absolute Gasteiger partial charge is 0.381 e. The second-order valence-electron chi connectivity index (χ2n) is 9.27. The Morgan fingerprint density at radius 1 is 1.21 bits per heavy atom. The van der Waals surface area contributed by atoms with Crippen LogP contribution in [0.25, 0.3) is 0 Å². The molecule has 0 bridgehead atoms. The van der Waals surface area contributed by atoms with Crippen molar-refractivity contribution in [1.29, 1.82) is 0 Å². The summed E-state index contributed by atoms with van der Waals surface area (Å²) < 4.78 is 166. The van der Waals surface area contributed by atoms with E-state index in [1.165, 1.54) is 0 Å². The van der Waals surface area contributed by atoms with Crippen molar-refractivity contribution in [1.82, 2.24) is 15.1 Å². The molecule has 5 rings (SSSR count). The minimum Gasteiger partial charge on any atom is -0.381 e. The van der Waals surface area contributed by atoms with Crippen molar-refractivity contribution in [3.8, 4) is 0 Å². The van der Waals surface area contributed by atoms with E-state index in [0.717, 1.165) is 51.1 Å². The predicted octanol–water partition coefficient (Wildman–Crippen LogP) is 3.59. The maximum Gasteiger partial charge on any atom is 0.255 e. The van der Waals surface area contributed by atoms with Gasteiger partial charge in [0.2, 0.25) is 11.8 Å². The molecule has 3 aliphatic rings. The summed E-state index contributed by atoms with van der Waals surface area (Å²) in [6, 6.07) is 2.72. The Balaban J connectivity index is 1.54. The smallest absolute Gasteiger partial charge is 0.255 e. The minimum absolute atomic E-state index is 0.00128. The van der Waals surface area contributed by atoms with E-state index < -0.39 is 121 Å². The third-order valence-electron chi connectivity index (χ3n) is 5.52. The van der Waals surface area contributed by atoms with Gasteiger partial charge in [0.1, 0.15) is 11.9 Å². The van der Waals surface area contributed by atoms with Gasteiger partial charge in [0, 0.05) is 79.1 Å². The first-order chi connectivity index (χ1) is 24.5. The van der Waals surface area contributed by atoms with E-state index in [4.69, 9.17) is 28.0 Å². The predicted molar refractivity (Wildman–Crippen MR) is 141 cm³/mol. The molecule has 0 saturated carbocycles. The van der Waals surface area contributed by atoms with Gasteiger partial charge >= 0.3 is 0 Å². The lowest BCUT2D eigenvalue weighted by molar-refractivity contribution is -0.182. The highest BCUT2D eigenvalue weighted by Gasteiger charge is 2.40. The van der Waals surface area contributed by atoms with Crippen LogP contribution in [0.3, 0.4) is 0 Å². The molecule has 0 spiro atoms. The zero-order valence-electron chi connectivity index (χ0n) is 37.4. The maximum absolute atomic E-state index is 16.0. The molecule has 202 valence electrons. The van der Waals surface area contributed by atoms with E-state index in [0.29, 0.717) is 6.07 Å². The first-order valence-corrected chi connectivity index (χ1v) is 11.4. The SMILES string of the molecule is [2H]C([2H])(Nc1cccc2c1C([2H])([2H])N(C1C(=O)NC(=O)C([2H])([2H])C1([2H])[2H])C2=O)c1ccc(C([2H])([2H])N2C([2H])([2H])C(C)(C)OC(C)(C([2H])([2H])[2H])C2([2H])[2H])cc1F. The number of benzene rings is 2. The Labute approximate surface area is 246 Å². The summed E-state index contributed by atoms with van der Waals surface area (Å²) in [7, 11) is 0. The van der Waals surface area contributed by atoms with Crippen molar-refractivity contribution in [2.75, 3.05) is 18.3 Å². The lowest BCUT2D eigenvalue weighted by atomic mass is 9.98. The number of ether oxygens (including phenoxy) is 1. The zero-order chi connectivity index (χ0) is 42.3. The van der Waals surface area contributed by atoms with E-state index in [1.807, 2.05) is 0 Å². The highest BCUT2D eigenvalue weighted by Crippen LogP contribution is 2.33. The van der Waals surface area contributed by atoms with Crippen molar-refractivity contribution in [3.05, 3.63) is 64.5 Å². The number of anilines is 1. The molecule has 2 fully saturated rings. The zero-order valence-corrected chi connectivity index (χ0v) is 20.4. The molecule has 3 aliphatic heterocycles. The average Bonchev–Trinajstić information content (AvgIpc) is 3.19. The minimum atomic E-state index is -3.46. The number of rotatable bonds is 6. The van der Waals surface area contributed by atoms with Crippen molar-refractivity contribution in [3.63, 3.8) is 0 Å². The molecular weight excluding hydrogens is 487 g/mol. The molecule has 3 amide bonds. The lowest BCUT2D eigenvalue weighted by Gasteiger charge is -2.47. The number of halogens is 1. The van der Waals surface area contributed by atoms with Crippen molar-refractivity contribution >= 4 is 23.4 Å². The van der Waals surface area contributed by atoms with Crippen molar-refractivity contribution < 1.29 is 46.8 Å². The van der Waals surface area contributed by atoms with Crippen LogP contribution >= 0.6 is 0 Å².